The fourth-order valence-corrected chi connectivity index (χ4v) is 3.81. The molecule has 160 valence electrons. The van der Waals surface area contributed by atoms with Crippen molar-refractivity contribution in [1.29, 1.82) is 0 Å². The Balaban J connectivity index is 1.64. The van der Waals surface area contributed by atoms with E-state index in [0.717, 1.165) is 17.2 Å². The van der Waals surface area contributed by atoms with Crippen LogP contribution in [0.25, 0.3) is 10.8 Å². The number of hydrogen-bond acceptors (Lipinski definition) is 3. The molecule has 0 aliphatic carbocycles. The monoisotopic (exact) mass is 398 g/mol. The molecule has 0 radical (unpaired) electrons. The van der Waals surface area contributed by atoms with E-state index in [0.29, 0.717) is 17.9 Å². The lowest BCUT2D eigenvalue weighted by molar-refractivity contribution is 0.0598. The van der Waals surface area contributed by atoms with Gasteiger partial charge in [-0.3, -0.25) is 0 Å². The zero-order chi connectivity index (χ0) is 20.7. The predicted octanol–water partition coefficient (Wildman–Crippen LogP) is 7.71. The zero-order valence-electron chi connectivity index (χ0n) is 18.4. The Bertz CT molecular complexity index is 723. The van der Waals surface area contributed by atoms with Crippen molar-refractivity contribution in [2.45, 2.75) is 84.0 Å². The number of ether oxygens (including phenoxy) is 2. The number of unbranched alkanes of at least 4 members (excludes halogenated alkanes) is 11. The molecular formula is C26H38O3. The number of carbonyl (C=O) groups is 1. The minimum Gasteiger partial charge on any atom is -0.493 e. The highest BCUT2D eigenvalue weighted by molar-refractivity contribution is 6.07. The van der Waals surface area contributed by atoms with Crippen molar-refractivity contribution >= 4 is 16.7 Å². The highest BCUT2D eigenvalue weighted by Crippen LogP contribution is 2.29. The molecule has 2 rings (SSSR count). The maximum absolute atomic E-state index is 12.3. The van der Waals surface area contributed by atoms with Gasteiger partial charge in [0.1, 0.15) is 11.3 Å². The first-order valence-electron chi connectivity index (χ1n) is 11.5. The van der Waals surface area contributed by atoms with E-state index >= 15 is 0 Å². The molecular weight excluding hydrogens is 360 g/mol. The maximum atomic E-state index is 12.3. The molecule has 3 nitrogen and oxygen atoms in total. The molecule has 0 saturated carbocycles. The van der Waals surface area contributed by atoms with E-state index in [9.17, 15) is 4.79 Å². The van der Waals surface area contributed by atoms with Gasteiger partial charge in [-0.05, 0) is 23.3 Å². The second kappa shape index (κ2) is 14.0. The molecule has 0 aromatic heterocycles. The molecule has 0 atom stereocenters. The van der Waals surface area contributed by atoms with Crippen molar-refractivity contribution < 1.29 is 14.3 Å². The van der Waals surface area contributed by atoms with Crippen molar-refractivity contribution in [1.82, 2.24) is 0 Å². The molecule has 0 amide bonds. The predicted molar refractivity (Wildman–Crippen MR) is 122 cm³/mol. The van der Waals surface area contributed by atoms with E-state index in [-0.39, 0.29) is 5.97 Å². The fraction of sp³-hybridized carbons (Fsp3) is 0.577. The molecule has 0 saturated heterocycles. The Kier molecular flexibility index (Phi) is 11.3. The number of benzene rings is 2. The van der Waals surface area contributed by atoms with Gasteiger partial charge in [-0.15, -0.1) is 0 Å². The smallest absolute Gasteiger partial charge is 0.342 e. The Morgan fingerprint density at radius 2 is 1.34 bits per heavy atom. The van der Waals surface area contributed by atoms with Crippen LogP contribution in [0.3, 0.4) is 0 Å². The van der Waals surface area contributed by atoms with Gasteiger partial charge in [0, 0.05) is 0 Å². The van der Waals surface area contributed by atoms with Crippen LogP contribution < -0.4 is 4.74 Å². The summed E-state index contributed by atoms with van der Waals surface area (Å²) in [7, 11) is 1.42. The Labute approximate surface area is 176 Å². The Hall–Kier alpha value is -2.03. The van der Waals surface area contributed by atoms with Gasteiger partial charge in [0.15, 0.2) is 0 Å². The van der Waals surface area contributed by atoms with E-state index in [1.807, 2.05) is 36.4 Å². The first-order chi connectivity index (χ1) is 14.3. The van der Waals surface area contributed by atoms with Gasteiger partial charge >= 0.3 is 5.97 Å². The maximum Gasteiger partial charge on any atom is 0.342 e. The van der Waals surface area contributed by atoms with E-state index in [1.165, 1.54) is 77.7 Å². The highest BCUT2D eigenvalue weighted by Gasteiger charge is 2.17. The standard InChI is InChI=1S/C26H38O3/c1-3-4-5-6-7-8-9-10-11-12-13-16-21-29-24-20-19-22-17-14-15-18-23(22)25(24)26(27)28-2/h14-15,17-20H,3-13,16,21H2,1-2H3. The van der Waals surface area contributed by atoms with Crippen molar-refractivity contribution in [2.24, 2.45) is 0 Å². The van der Waals surface area contributed by atoms with Gasteiger partial charge in [0.05, 0.1) is 13.7 Å². The lowest BCUT2D eigenvalue weighted by Gasteiger charge is -2.13. The molecule has 0 aliphatic rings. The fourth-order valence-electron chi connectivity index (χ4n) is 3.81. The summed E-state index contributed by atoms with van der Waals surface area (Å²) in [6, 6.07) is 11.7. The number of carbonyl (C=O) groups excluding carboxylic acids is 1. The summed E-state index contributed by atoms with van der Waals surface area (Å²) in [6.45, 7) is 2.91. The average molecular weight is 399 g/mol. The molecule has 3 heteroatoms. The Morgan fingerprint density at radius 3 is 1.97 bits per heavy atom. The van der Waals surface area contributed by atoms with Gasteiger partial charge in [-0.2, -0.15) is 0 Å². The van der Waals surface area contributed by atoms with Crippen LogP contribution >= 0.6 is 0 Å². The molecule has 29 heavy (non-hydrogen) atoms. The SMILES string of the molecule is CCCCCCCCCCCCCCOc1ccc2ccccc2c1C(=O)OC. The summed E-state index contributed by atoms with van der Waals surface area (Å²) < 4.78 is 10.9. The molecule has 2 aromatic rings. The number of hydrogen-bond donors (Lipinski definition) is 0. The molecule has 0 heterocycles. The van der Waals surface area contributed by atoms with Crippen LogP contribution in [0.4, 0.5) is 0 Å². The van der Waals surface area contributed by atoms with E-state index in [4.69, 9.17) is 9.47 Å². The third-order valence-corrected chi connectivity index (χ3v) is 5.54. The second-order valence-corrected chi connectivity index (χ2v) is 7.89. The van der Waals surface area contributed by atoms with Gasteiger partial charge < -0.3 is 9.47 Å². The van der Waals surface area contributed by atoms with E-state index in [1.54, 1.807) is 0 Å². The van der Waals surface area contributed by atoms with Gasteiger partial charge in [-0.1, -0.05) is 108 Å². The summed E-state index contributed by atoms with van der Waals surface area (Å²) in [5.74, 6) is 0.283. The van der Waals surface area contributed by atoms with Crippen LogP contribution in [0, 0.1) is 0 Å². The lowest BCUT2D eigenvalue weighted by Crippen LogP contribution is -2.07. The van der Waals surface area contributed by atoms with Gasteiger partial charge in [0.25, 0.3) is 0 Å². The minimum absolute atomic E-state index is 0.341. The normalized spacial score (nSPS) is 11.0. The van der Waals surface area contributed by atoms with Gasteiger partial charge in [-0.25, -0.2) is 4.79 Å². The summed E-state index contributed by atoms with van der Waals surface area (Å²) >= 11 is 0. The zero-order valence-corrected chi connectivity index (χ0v) is 18.4. The van der Waals surface area contributed by atoms with Crippen LogP contribution in [0.15, 0.2) is 36.4 Å². The third kappa shape index (κ3) is 8.08. The topological polar surface area (TPSA) is 35.5 Å². The third-order valence-electron chi connectivity index (χ3n) is 5.54. The largest absolute Gasteiger partial charge is 0.493 e. The van der Waals surface area contributed by atoms with Crippen molar-refractivity contribution in [2.75, 3.05) is 13.7 Å². The second-order valence-electron chi connectivity index (χ2n) is 7.89. The molecule has 0 unspecified atom stereocenters. The first-order valence-corrected chi connectivity index (χ1v) is 11.5. The van der Waals surface area contributed by atoms with Crippen molar-refractivity contribution in [3.05, 3.63) is 42.0 Å². The van der Waals surface area contributed by atoms with E-state index < -0.39 is 0 Å². The average Bonchev–Trinajstić information content (AvgIpc) is 2.76. The molecule has 0 aliphatic heterocycles. The minimum atomic E-state index is -0.341. The molecule has 0 bridgehead atoms. The lowest BCUT2D eigenvalue weighted by atomic mass is 10.0. The number of esters is 1. The van der Waals surface area contributed by atoms with Crippen LogP contribution in [0.5, 0.6) is 5.75 Å². The van der Waals surface area contributed by atoms with Crippen LogP contribution in [-0.4, -0.2) is 19.7 Å². The quantitative estimate of drug-likeness (QED) is 0.228. The summed E-state index contributed by atoms with van der Waals surface area (Å²) in [5, 5.41) is 1.90. The van der Waals surface area contributed by atoms with Crippen LogP contribution in [0.2, 0.25) is 0 Å². The molecule has 0 N–H and O–H groups in total. The summed E-state index contributed by atoms with van der Waals surface area (Å²) in [6.07, 6.45) is 15.8. The summed E-state index contributed by atoms with van der Waals surface area (Å²) in [4.78, 5) is 12.3. The highest BCUT2D eigenvalue weighted by atomic mass is 16.5. The van der Waals surface area contributed by atoms with Crippen LogP contribution in [-0.2, 0) is 4.74 Å². The number of methoxy groups -OCH3 is 1. The van der Waals surface area contributed by atoms with Crippen molar-refractivity contribution in [3.63, 3.8) is 0 Å². The molecule has 0 fully saturated rings. The van der Waals surface area contributed by atoms with Crippen molar-refractivity contribution in [3.8, 4) is 5.75 Å². The number of fused-ring (bicyclic) bond motifs is 1. The first kappa shape index (κ1) is 23.3. The molecule has 0 spiro atoms. The molecule has 2 aromatic carbocycles. The van der Waals surface area contributed by atoms with E-state index in [2.05, 4.69) is 6.92 Å². The Morgan fingerprint density at radius 1 is 0.759 bits per heavy atom. The van der Waals surface area contributed by atoms with Crippen LogP contribution in [0.1, 0.15) is 94.3 Å². The summed E-state index contributed by atoms with van der Waals surface area (Å²) in [5.41, 5.74) is 0.532. The van der Waals surface area contributed by atoms with Gasteiger partial charge in [0.2, 0.25) is 0 Å². The number of rotatable bonds is 15.